The molecule has 0 aliphatic rings. The number of anilines is 1. The number of nitrogen functional groups attached to an aromatic ring is 1. The van der Waals surface area contributed by atoms with Gasteiger partial charge in [-0.2, -0.15) is 13.2 Å². The Kier molecular flexibility index (Phi) is 4.30. The predicted molar refractivity (Wildman–Crippen MR) is 89.7 cm³/mol. The van der Waals surface area contributed by atoms with Gasteiger partial charge >= 0.3 is 6.18 Å². The molecule has 0 amide bonds. The highest BCUT2D eigenvalue weighted by Crippen LogP contribution is 2.43. The topological polar surface area (TPSA) is 26.0 Å². The van der Waals surface area contributed by atoms with Gasteiger partial charge in [0.2, 0.25) is 0 Å². The average Bonchev–Trinajstić information content (AvgIpc) is 2.57. The minimum Gasteiger partial charge on any atom is -0.398 e. The second-order valence-corrected chi connectivity index (χ2v) is 5.56. The second kappa shape index (κ2) is 6.40. The van der Waals surface area contributed by atoms with Crippen LogP contribution in [0.2, 0.25) is 0 Å². The molecule has 0 aromatic heterocycles. The summed E-state index contributed by atoms with van der Waals surface area (Å²) in [4.78, 5) is 0. The molecule has 0 atom stereocenters. The molecule has 0 aliphatic carbocycles. The van der Waals surface area contributed by atoms with Gasteiger partial charge in [-0.25, -0.2) is 0 Å². The van der Waals surface area contributed by atoms with Gasteiger partial charge in [-0.05, 0) is 28.8 Å². The Morgan fingerprint density at radius 1 is 0.667 bits per heavy atom. The lowest BCUT2D eigenvalue weighted by molar-refractivity contribution is -0.138. The molecule has 0 aliphatic heterocycles. The van der Waals surface area contributed by atoms with Crippen molar-refractivity contribution in [3.63, 3.8) is 0 Å². The van der Waals surface area contributed by atoms with E-state index in [4.69, 9.17) is 5.73 Å². The second-order valence-electron chi connectivity index (χ2n) is 5.56. The van der Waals surface area contributed by atoms with E-state index < -0.39 is 17.7 Å². The quantitative estimate of drug-likeness (QED) is 0.501. The Morgan fingerprint density at radius 2 is 1.17 bits per heavy atom. The van der Waals surface area contributed by atoms with Crippen LogP contribution in [0.1, 0.15) is 28.2 Å². The zero-order valence-electron chi connectivity index (χ0n) is 12.8. The Labute approximate surface area is 138 Å². The minimum atomic E-state index is -4.47. The summed E-state index contributed by atoms with van der Waals surface area (Å²) in [6, 6.07) is 22.2. The highest BCUT2D eigenvalue weighted by atomic mass is 19.4. The molecule has 0 saturated heterocycles. The maximum atomic E-state index is 13.6. The molecule has 0 fully saturated rings. The van der Waals surface area contributed by atoms with Crippen LogP contribution in [0.5, 0.6) is 0 Å². The Balaban J connectivity index is 2.29. The van der Waals surface area contributed by atoms with E-state index in [0.29, 0.717) is 0 Å². The van der Waals surface area contributed by atoms with Crippen molar-refractivity contribution in [1.82, 2.24) is 0 Å². The number of hydrogen-bond acceptors (Lipinski definition) is 1. The van der Waals surface area contributed by atoms with Crippen LogP contribution in [0, 0.1) is 0 Å². The molecule has 1 nitrogen and oxygen atoms in total. The van der Waals surface area contributed by atoms with E-state index in [2.05, 4.69) is 0 Å². The third-order valence-corrected chi connectivity index (χ3v) is 4.00. The monoisotopic (exact) mass is 327 g/mol. The van der Waals surface area contributed by atoms with Crippen molar-refractivity contribution in [3.05, 3.63) is 101 Å². The highest BCUT2D eigenvalue weighted by molar-refractivity contribution is 5.60. The molecule has 122 valence electrons. The van der Waals surface area contributed by atoms with Crippen LogP contribution in [0.4, 0.5) is 18.9 Å². The first-order valence-corrected chi connectivity index (χ1v) is 7.54. The van der Waals surface area contributed by atoms with Crippen LogP contribution in [-0.2, 0) is 6.18 Å². The molecule has 0 heterocycles. The highest BCUT2D eigenvalue weighted by Gasteiger charge is 2.37. The van der Waals surface area contributed by atoms with Gasteiger partial charge in [0, 0.05) is 11.6 Å². The van der Waals surface area contributed by atoms with Gasteiger partial charge in [-0.3, -0.25) is 0 Å². The zero-order chi connectivity index (χ0) is 17.2. The van der Waals surface area contributed by atoms with Crippen molar-refractivity contribution < 1.29 is 13.2 Å². The molecular weight excluding hydrogens is 311 g/mol. The van der Waals surface area contributed by atoms with Crippen LogP contribution in [0.15, 0.2) is 78.9 Å². The average molecular weight is 327 g/mol. The molecule has 24 heavy (non-hydrogen) atoms. The van der Waals surface area contributed by atoms with Crippen molar-refractivity contribution in [2.75, 3.05) is 5.73 Å². The largest absolute Gasteiger partial charge is 0.416 e. The van der Waals surface area contributed by atoms with Gasteiger partial charge in [0.15, 0.2) is 0 Å². The maximum Gasteiger partial charge on any atom is 0.416 e. The number of hydrogen-bond donors (Lipinski definition) is 1. The zero-order valence-corrected chi connectivity index (χ0v) is 12.8. The van der Waals surface area contributed by atoms with E-state index in [1.54, 1.807) is 0 Å². The Hall–Kier alpha value is -2.75. The first-order valence-electron chi connectivity index (χ1n) is 7.54. The number of benzene rings is 3. The van der Waals surface area contributed by atoms with Gasteiger partial charge in [-0.15, -0.1) is 0 Å². The molecule has 0 bridgehead atoms. The summed E-state index contributed by atoms with van der Waals surface area (Å²) in [5.41, 5.74) is 7.08. The fourth-order valence-corrected chi connectivity index (χ4v) is 2.97. The molecule has 3 rings (SSSR count). The smallest absolute Gasteiger partial charge is 0.398 e. The summed E-state index contributed by atoms with van der Waals surface area (Å²) >= 11 is 0. The van der Waals surface area contributed by atoms with Crippen LogP contribution in [-0.4, -0.2) is 0 Å². The van der Waals surface area contributed by atoms with Crippen LogP contribution in [0.25, 0.3) is 0 Å². The first kappa shape index (κ1) is 16.1. The van der Waals surface area contributed by atoms with E-state index >= 15 is 0 Å². The van der Waals surface area contributed by atoms with Gasteiger partial charge in [0.25, 0.3) is 0 Å². The summed E-state index contributed by atoms with van der Waals surface area (Å²) in [5.74, 6) is -0.578. The molecule has 2 N–H and O–H groups in total. The minimum absolute atomic E-state index is 0.0994. The number of nitrogens with two attached hydrogens (primary N) is 1. The van der Waals surface area contributed by atoms with Gasteiger partial charge in [-0.1, -0.05) is 66.7 Å². The van der Waals surface area contributed by atoms with Crippen molar-refractivity contribution in [1.29, 1.82) is 0 Å². The normalized spacial score (nSPS) is 11.7. The summed E-state index contributed by atoms with van der Waals surface area (Å²) in [6.07, 6.45) is -4.47. The Bertz CT molecular complexity index is 772. The van der Waals surface area contributed by atoms with E-state index in [1.807, 2.05) is 60.7 Å². The summed E-state index contributed by atoms with van der Waals surface area (Å²) in [5, 5.41) is 0. The van der Waals surface area contributed by atoms with Crippen molar-refractivity contribution >= 4 is 5.69 Å². The molecule has 4 heteroatoms. The van der Waals surface area contributed by atoms with Crippen LogP contribution in [0.3, 0.4) is 0 Å². The van der Waals surface area contributed by atoms with E-state index in [9.17, 15) is 13.2 Å². The maximum absolute atomic E-state index is 13.6. The first-order chi connectivity index (χ1) is 11.5. The Morgan fingerprint density at radius 3 is 1.62 bits per heavy atom. The molecular formula is C20H16F3N. The fourth-order valence-electron chi connectivity index (χ4n) is 2.97. The third-order valence-electron chi connectivity index (χ3n) is 4.00. The number of alkyl halides is 3. The summed E-state index contributed by atoms with van der Waals surface area (Å²) < 4.78 is 40.7. The lowest BCUT2D eigenvalue weighted by atomic mass is 9.82. The SMILES string of the molecule is Nc1cccc(C(F)(F)F)c1C(c1ccccc1)c1ccccc1. The van der Waals surface area contributed by atoms with Crippen molar-refractivity contribution in [3.8, 4) is 0 Å². The number of rotatable bonds is 3. The molecule has 0 unspecified atom stereocenters. The molecule has 0 radical (unpaired) electrons. The third kappa shape index (κ3) is 3.13. The van der Waals surface area contributed by atoms with Crippen LogP contribution >= 0.6 is 0 Å². The lowest BCUT2D eigenvalue weighted by Gasteiger charge is -2.24. The van der Waals surface area contributed by atoms with Crippen molar-refractivity contribution in [2.45, 2.75) is 12.1 Å². The van der Waals surface area contributed by atoms with Gasteiger partial charge in [0.1, 0.15) is 0 Å². The number of halogens is 3. The predicted octanol–water partition coefficient (Wildman–Crippen LogP) is 5.47. The molecule has 3 aromatic rings. The lowest BCUT2D eigenvalue weighted by Crippen LogP contribution is -2.16. The van der Waals surface area contributed by atoms with E-state index in [1.165, 1.54) is 12.1 Å². The molecule has 0 saturated carbocycles. The van der Waals surface area contributed by atoms with E-state index in [0.717, 1.165) is 17.2 Å². The molecule has 3 aromatic carbocycles. The van der Waals surface area contributed by atoms with Gasteiger partial charge in [0.05, 0.1) is 5.56 Å². The standard InChI is InChI=1S/C20H16F3N/c21-20(22,23)16-12-7-13-17(24)19(16)18(14-8-3-1-4-9-14)15-10-5-2-6-11-15/h1-13,18H,24H2. The summed E-state index contributed by atoms with van der Waals surface area (Å²) in [7, 11) is 0. The summed E-state index contributed by atoms with van der Waals surface area (Å²) in [6.45, 7) is 0. The van der Waals surface area contributed by atoms with E-state index in [-0.39, 0.29) is 11.3 Å². The van der Waals surface area contributed by atoms with Gasteiger partial charge < -0.3 is 5.73 Å². The van der Waals surface area contributed by atoms with Crippen molar-refractivity contribution in [2.24, 2.45) is 0 Å². The fraction of sp³-hybridized carbons (Fsp3) is 0.100. The van der Waals surface area contributed by atoms with Crippen LogP contribution < -0.4 is 5.73 Å². The molecule has 0 spiro atoms.